The third-order valence-corrected chi connectivity index (χ3v) is 2.76. The first kappa shape index (κ1) is 11.8. The largest absolute Gasteiger partial charge is 0.309 e. The monoisotopic (exact) mass is 229 g/mol. The van der Waals surface area contributed by atoms with Crippen LogP contribution in [0.5, 0.6) is 0 Å². The van der Waals surface area contributed by atoms with Crippen molar-refractivity contribution in [2.24, 2.45) is 0 Å². The van der Waals surface area contributed by atoms with Gasteiger partial charge in [-0.2, -0.15) is 0 Å². The van der Waals surface area contributed by atoms with E-state index in [9.17, 15) is 4.39 Å². The van der Waals surface area contributed by atoms with Gasteiger partial charge in [0.25, 0.3) is 0 Å². The maximum absolute atomic E-state index is 13.7. The van der Waals surface area contributed by atoms with E-state index >= 15 is 0 Å². The van der Waals surface area contributed by atoms with Crippen molar-refractivity contribution in [1.29, 1.82) is 0 Å². The lowest BCUT2D eigenvalue weighted by molar-refractivity contribution is 0.580. The second-order valence-corrected chi connectivity index (χ2v) is 4.14. The summed E-state index contributed by atoms with van der Waals surface area (Å²) in [6, 6.07) is 15.6. The molecule has 0 atom stereocenters. The number of hydrogen-bond acceptors (Lipinski definition) is 1. The lowest BCUT2D eigenvalue weighted by Gasteiger charge is -2.07. The molecule has 1 N–H and O–H groups in total. The molecule has 88 valence electrons. The Labute approximate surface area is 101 Å². The molecule has 0 amide bonds. The Morgan fingerprint density at radius 2 is 1.71 bits per heavy atom. The molecule has 0 unspecified atom stereocenters. The molecule has 0 heterocycles. The quantitative estimate of drug-likeness (QED) is 0.847. The van der Waals surface area contributed by atoms with Crippen LogP contribution in [0.2, 0.25) is 0 Å². The van der Waals surface area contributed by atoms with E-state index in [1.165, 1.54) is 5.56 Å². The van der Waals surface area contributed by atoms with Gasteiger partial charge >= 0.3 is 0 Å². The normalized spacial score (nSPS) is 10.5. The van der Waals surface area contributed by atoms with Gasteiger partial charge in [0.05, 0.1) is 0 Å². The molecule has 0 spiro atoms. The predicted octanol–water partition coefficient (Wildman–Crippen LogP) is 3.42. The Hall–Kier alpha value is -1.67. The van der Waals surface area contributed by atoms with E-state index in [1.54, 1.807) is 13.0 Å². The maximum atomic E-state index is 13.7. The minimum atomic E-state index is -0.104. The third kappa shape index (κ3) is 3.14. The van der Waals surface area contributed by atoms with Crippen molar-refractivity contribution < 1.29 is 4.39 Å². The maximum Gasteiger partial charge on any atom is 0.130 e. The first-order valence-corrected chi connectivity index (χ1v) is 5.76. The Morgan fingerprint density at radius 3 is 2.47 bits per heavy atom. The molecule has 2 aromatic rings. The van der Waals surface area contributed by atoms with Crippen LogP contribution in [0.25, 0.3) is 0 Å². The van der Waals surface area contributed by atoms with Crippen LogP contribution in [0.3, 0.4) is 0 Å². The standard InChI is InChI=1S/C15H16FN/c1-12-6-5-9-14(15(12)16)11-17-10-13-7-3-2-4-8-13/h2-9,17H,10-11H2,1H3. The average Bonchev–Trinajstić information content (AvgIpc) is 2.36. The number of rotatable bonds is 4. The number of nitrogens with one attached hydrogen (secondary N) is 1. The van der Waals surface area contributed by atoms with E-state index in [4.69, 9.17) is 0 Å². The summed E-state index contributed by atoms with van der Waals surface area (Å²) in [7, 11) is 0. The molecule has 1 nitrogen and oxygen atoms in total. The highest BCUT2D eigenvalue weighted by molar-refractivity contribution is 5.24. The van der Waals surface area contributed by atoms with Crippen LogP contribution in [-0.4, -0.2) is 0 Å². The van der Waals surface area contributed by atoms with E-state index < -0.39 is 0 Å². The van der Waals surface area contributed by atoms with Crippen molar-refractivity contribution in [2.45, 2.75) is 20.0 Å². The summed E-state index contributed by atoms with van der Waals surface area (Å²) in [5, 5.41) is 3.25. The molecular formula is C15H16FN. The van der Waals surface area contributed by atoms with E-state index in [0.29, 0.717) is 12.1 Å². The number of halogens is 1. The zero-order valence-electron chi connectivity index (χ0n) is 9.91. The highest BCUT2D eigenvalue weighted by atomic mass is 19.1. The molecule has 2 rings (SSSR count). The van der Waals surface area contributed by atoms with Gasteiger partial charge in [0, 0.05) is 18.7 Å². The van der Waals surface area contributed by atoms with Gasteiger partial charge in [-0.1, -0.05) is 48.5 Å². The fourth-order valence-corrected chi connectivity index (χ4v) is 1.78. The number of benzene rings is 2. The Morgan fingerprint density at radius 1 is 0.941 bits per heavy atom. The number of hydrogen-bond donors (Lipinski definition) is 1. The third-order valence-electron chi connectivity index (χ3n) is 2.76. The lowest BCUT2D eigenvalue weighted by atomic mass is 10.1. The van der Waals surface area contributed by atoms with Crippen LogP contribution >= 0.6 is 0 Å². The topological polar surface area (TPSA) is 12.0 Å². The van der Waals surface area contributed by atoms with Gasteiger partial charge in [-0.3, -0.25) is 0 Å². The van der Waals surface area contributed by atoms with Crippen molar-refractivity contribution >= 4 is 0 Å². The minimum absolute atomic E-state index is 0.104. The van der Waals surface area contributed by atoms with Gasteiger partial charge in [0.15, 0.2) is 0 Å². The van der Waals surface area contributed by atoms with Crippen LogP contribution < -0.4 is 5.32 Å². The van der Waals surface area contributed by atoms with Crippen molar-refractivity contribution in [3.05, 3.63) is 71.0 Å². The van der Waals surface area contributed by atoms with Crippen LogP contribution in [0.1, 0.15) is 16.7 Å². The molecule has 0 aliphatic carbocycles. The second kappa shape index (κ2) is 5.60. The van der Waals surface area contributed by atoms with Crippen molar-refractivity contribution in [2.75, 3.05) is 0 Å². The molecule has 0 fully saturated rings. The summed E-state index contributed by atoms with van der Waals surface area (Å²) in [6.07, 6.45) is 0. The summed E-state index contributed by atoms with van der Waals surface area (Å²) in [5.74, 6) is -0.104. The molecule has 2 aromatic carbocycles. The Bertz CT molecular complexity index is 480. The average molecular weight is 229 g/mol. The van der Waals surface area contributed by atoms with Crippen LogP contribution in [0.15, 0.2) is 48.5 Å². The van der Waals surface area contributed by atoms with Crippen LogP contribution in [0.4, 0.5) is 4.39 Å². The molecule has 0 aromatic heterocycles. The zero-order valence-corrected chi connectivity index (χ0v) is 9.91. The summed E-state index contributed by atoms with van der Waals surface area (Å²) in [4.78, 5) is 0. The lowest BCUT2D eigenvalue weighted by Crippen LogP contribution is -2.13. The van der Waals surface area contributed by atoms with E-state index in [-0.39, 0.29) is 5.82 Å². The van der Waals surface area contributed by atoms with E-state index in [0.717, 1.165) is 12.1 Å². The van der Waals surface area contributed by atoms with Gasteiger partial charge in [-0.15, -0.1) is 0 Å². The minimum Gasteiger partial charge on any atom is -0.309 e. The highest BCUT2D eigenvalue weighted by Gasteiger charge is 2.03. The second-order valence-electron chi connectivity index (χ2n) is 4.14. The zero-order chi connectivity index (χ0) is 12.1. The molecule has 0 aliphatic heterocycles. The van der Waals surface area contributed by atoms with Crippen molar-refractivity contribution in [3.8, 4) is 0 Å². The van der Waals surface area contributed by atoms with E-state index in [2.05, 4.69) is 17.4 Å². The van der Waals surface area contributed by atoms with Crippen LogP contribution in [0, 0.1) is 12.7 Å². The SMILES string of the molecule is Cc1cccc(CNCc2ccccc2)c1F. The first-order chi connectivity index (χ1) is 8.27. The van der Waals surface area contributed by atoms with Crippen molar-refractivity contribution in [3.63, 3.8) is 0 Å². The van der Waals surface area contributed by atoms with Gasteiger partial charge in [0.1, 0.15) is 5.82 Å². The molecule has 0 radical (unpaired) electrons. The van der Waals surface area contributed by atoms with Gasteiger partial charge in [0.2, 0.25) is 0 Å². The van der Waals surface area contributed by atoms with Crippen molar-refractivity contribution in [1.82, 2.24) is 5.32 Å². The fraction of sp³-hybridized carbons (Fsp3) is 0.200. The molecule has 0 aliphatic rings. The Balaban J connectivity index is 1.93. The number of aryl methyl sites for hydroxylation is 1. The predicted molar refractivity (Wildman–Crippen MR) is 68.1 cm³/mol. The highest BCUT2D eigenvalue weighted by Crippen LogP contribution is 2.11. The summed E-state index contributed by atoms with van der Waals surface area (Å²) in [6.45, 7) is 3.10. The molecule has 2 heteroatoms. The summed E-state index contributed by atoms with van der Waals surface area (Å²) < 4.78 is 13.7. The smallest absolute Gasteiger partial charge is 0.130 e. The van der Waals surface area contributed by atoms with Crippen LogP contribution in [-0.2, 0) is 13.1 Å². The Kier molecular flexibility index (Phi) is 3.89. The molecule has 17 heavy (non-hydrogen) atoms. The van der Waals surface area contributed by atoms with E-state index in [1.807, 2.05) is 30.3 Å². The van der Waals surface area contributed by atoms with Gasteiger partial charge in [-0.25, -0.2) is 4.39 Å². The summed E-state index contributed by atoms with van der Waals surface area (Å²) >= 11 is 0. The van der Waals surface area contributed by atoms with Gasteiger partial charge < -0.3 is 5.32 Å². The summed E-state index contributed by atoms with van der Waals surface area (Å²) in [5.41, 5.74) is 2.63. The molecule has 0 saturated carbocycles. The first-order valence-electron chi connectivity index (χ1n) is 5.76. The molecular weight excluding hydrogens is 213 g/mol. The fourth-order valence-electron chi connectivity index (χ4n) is 1.78. The van der Waals surface area contributed by atoms with Gasteiger partial charge in [-0.05, 0) is 18.1 Å². The molecule has 0 bridgehead atoms. The molecule has 0 saturated heterocycles.